The van der Waals surface area contributed by atoms with Crippen LogP contribution in [0, 0.1) is 6.92 Å². The second-order valence-corrected chi connectivity index (χ2v) is 10.8. The van der Waals surface area contributed by atoms with E-state index >= 15 is 0 Å². The van der Waals surface area contributed by atoms with Gasteiger partial charge in [0.25, 0.3) is 0 Å². The van der Waals surface area contributed by atoms with Crippen molar-refractivity contribution in [3.8, 4) is 0 Å². The minimum atomic E-state index is -4.07. The molecule has 1 atom stereocenters. The van der Waals surface area contributed by atoms with Gasteiger partial charge in [-0.25, -0.2) is 0 Å². The van der Waals surface area contributed by atoms with Crippen LogP contribution in [-0.2, 0) is 20.9 Å². The number of nitrogens with one attached hydrogen (secondary N) is 2. The predicted molar refractivity (Wildman–Crippen MR) is 165 cm³/mol. The molecule has 2 aromatic rings. The molecule has 1 aromatic heterocycles. The van der Waals surface area contributed by atoms with Gasteiger partial charge >= 0.3 is 6.18 Å². The van der Waals surface area contributed by atoms with Crippen LogP contribution in [0.1, 0.15) is 62.5 Å². The van der Waals surface area contributed by atoms with Gasteiger partial charge in [0.05, 0.1) is 17.8 Å². The van der Waals surface area contributed by atoms with E-state index in [0.29, 0.717) is 44.5 Å². The lowest BCUT2D eigenvalue weighted by atomic mass is 10.1. The van der Waals surface area contributed by atoms with Crippen molar-refractivity contribution in [1.82, 2.24) is 20.1 Å². The molecule has 4 rings (SSSR count). The van der Waals surface area contributed by atoms with E-state index in [1.807, 2.05) is 42.2 Å². The minimum absolute atomic E-state index is 0.0375. The van der Waals surface area contributed by atoms with Gasteiger partial charge in [0, 0.05) is 65.0 Å². The molecule has 3 amide bonds. The normalized spacial score (nSPS) is 15.9. The molecular weight excluding hydrogens is 575 g/mol. The summed E-state index contributed by atoms with van der Waals surface area (Å²) < 4.78 is 32.9. The van der Waals surface area contributed by atoms with E-state index in [-0.39, 0.29) is 24.3 Å². The number of hydrogen-bond acceptors (Lipinski definition) is 7. The largest absolute Gasteiger partial charge is 0.397 e. The molecule has 44 heavy (non-hydrogen) atoms. The third kappa shape index (κ3) is 13.2. The highest BCUT2D eigenvalue weighted by Gasteiger charge is 2.33. The fourth-order valence-corrected chi connectivity index (χ4v) is 4.84. The third-order valence-electron chi connectivity index (χ3n) is 7.24. The van der Waals surface area contributed by atoms with E-state index in [2.05, 4.69) is 21.4 Å². The Morgan fingerprint density at radius 2 is 1.66 bits per heavy atom. The zero-order valence-electron chi connectivity index (χ0n) is 25.7. The van der Waals surface area contributed by atoms with Crippen molar-refractivity contribution in [2.75, 3.05) is 44.3 Å². The number of aromatic nitrogens is 1. The van der Waals surface area contributed by atoms with Gasteiger partial charge in [0.1, 0.15) is 6.04 Å². The molecule has 3 heterocycles. The fourth-order valence-electron chi connectivity index (χ4n) is 4.84. The standard InChI is InChI=1S/C22H33N5O3.C6H7N.C3H6F3N/c1-24-18-10-9-16(14-17(18)23)15-25-22(30)19-6-5-13-27(19)21(29)8-4-7-20(28)26-11-2-3-12-26;1-6-2-4-7-5-3-6;4-3(5,6)1-2-7/h9-10,14,19,24H,2-8,11-13,15,23H2,1H3,(H,25,30);2-5H,1H3;1-2,7H2. The molecule has 0 aliphatic carbocycles. The number of amides is 3. The summed E-state index contributed by atoms with van der Waals surface area (Å²) >= 11 is 0. The topological polar surface area (TPSA) is 147 Å². The fraction of sp³-hybridized carbons (Fsp3) is 0.548. The van der Waals surface area contributed by atoms with Gasteiger partial charge in [0.15, 0.2) is 0 Å². The number of aryl methyl sites for hydroxylation is 1. The molecule has 1 unspecified atom stereocenters. The van der Waals surface area contributed by atoms with Crippen LogP contribution in [0.2, 0.25) is 0 Å². The van der Waals surface area contributed by atoms with Gasteiger partial charge in [-0.2, -0.15) is 13.2 Å². The molecule has 0 spiro atoms. The molecule has 2 fully saturated rings. The van der Waals surface area contributed by atoms with Crippen LogP contribution in [-0.4, -0.2) is 78.0 Å². The quantitative estimate of drug-likeness (QED) is 0.310. The summed E-state index contributed by atoms with van der Waals surface area (Å²) in [6.45, 7) is 4.37. The first-order valence-corrected chi connectivity index (χ1v) is 15.0. The summed E-state index contributed by atoms with van der Waals surface area (Å²) in [5, 5.41) is 5.94. The Labute approximate surface area is 257 Å². The number of halogens is 3. The summed E-state index contributed by atoms with van der Waals surface area (Å²) in [5.74, 6) is -0.0330. The zero-order chi connectivity index (χ0) is 32.5. The summed E-state index contributed by atoms with van der Waals surface area (Å²) in [7, 11) is 1.81. The van der Waals surface area contributed by atoms with Crippen molar-refractivity contribution in [2.24, 2.45) is 5.73 Å². The highest BCUT2D eigenvalue weighted by atomic mass is 19.4. The lowest BCUT2D eigenvalue weighted by molar-refractivity contribution is -0.138. The van der Waals surface area contributed by atoms with Crippen molar-refractivity contribution in [3.05, 3.63) is 53.9 Å². The Kier molecular flexibility index (Phi) is 15.5. The van der Waals surface area contributed by atoms with Crippen LogP contribution in [0.4, 0.5) is 24.5 Å². The van der Waals surface area contributed by atoms with Crippen molar-refractivity contribution < 1.29 is 27.6 Å². The Morgan fingerprint density at radius 1 is 1.00 bits per heavy atom. The first-order valence-electron chi connectivity index (χ1n) is 15.0. The van der Waals surface area contributed by atoms with Gasteiger partial charge in [-0.3, -0.25) is 19.4 Å². The molecule has 2 aliphatic rings. The number of alkyl halides is 3. The van der Waals surface area contributed by atoms with E-state index in [9.17, 15) is 27.6 Å². The molecule has 1 aromatic carbocycles. The van der Waals surface area contributed by atoms with Crippen molar-refractivity contribution >= 4 is 29.1 Å². The SMILES string of the molecule is CNc1ccc(CNC(=O)C2CCCN2C(=O)CCCC(=O)N2CCCC2)cc1N.Cc1ccncc1.NCCC(F)(F)F. The average Bonchev–Trinajstić information content (AvgIpc) is 3.70. The number of nitrogens with two attached hydrogens (primary N) is 2. The van der Waals surface area contributed by atoms with Gasteiger partial charge in [-0.15, -0.1) is 0 Å². The maximum absolute atomic E-state index is 12.7. The van der Waals surface area contributed by atoms with Crippen LogP contribution in [0.25, 0.3) is 0 Å². The number of likely N-dealkylation sites (tertiary alicyclic amines) is 2. The predicted octanol–water partition coefficient (Wildman–Crippen LogP) is 4.00. The van der Waals surface area contributed by atoms with E-state index < -0.39 is 18.6 Å². The molecule has 2 saturated heterocycles. The number of nitrogens with zero attached hydrogens (tertiary/aromatic N) is 3. The number of nitrogen functional groups attached to an aromatic ring is 1. The van der Waals surface area contributed by atoms with Gasteiger partial charge in [0.2, 0.25) is 17.7 Å². The highest BCUT2D eigenvalue weighted by Crippen LogP contribution is 2.22. The molecular formula is C31H46F3N7O3. The lowest BCUT2D eigenvalue weighted by Crippen LogP contribution is -2.45. The first kappa shape index (κ1) is 36.3. The second-order valence-electron chi connectivity index (χ2n) is 10.8. The first-order chi connectivity index (χ1) is 20.9. The number of hydrogen-bond donors (Lipinski definition) is 4. The van der Waals surface area contributed by atoms with Crippen molar-refractivity contribution in [1.29, 1.82) is 0 Å². The minimum Gasteiger partial charge on any atom is -0.397 e. The van der Waals surface area contributed by atoms with E-state index in [1.54, 1.807) is 24.3 Å². The smallest absolute Gasteiger partial charge is 0.390 e. The maximum atomic E-state index is 12.7. The molecule has 13 heteroatoms. The second kappa shape index (κ2) is 18.7. The van der Waals surface area contributed by atoms with Gasteiger partial charge in [-0.1, -0.05) is 6.07 Å². The molecule has 2 aliphatic heterocycles. The Bertz CT molecular complexity index is 1180. The maximum Gasteiger partial charge on any atom is 0.390 e. The van der Waals surface area contributed by atoms with Crippen LogP contribution in [0.5, 0.6) is 0 Å². The molecule has 244 valence electrons. The zero-order valence-corrected chi connectivity index (χ0v) is 25.7. The summed E-state index contributed by atoms with van der Waals surface area (Å²) in [6, 6.07) is 9.14. The Morgan fingerprint density at radius 3 is 2.18 bits per heavy atom. The number of carbonyl (C=O) groups excluding carboxylic acids is 3. The van der Waals surface area contributed by atoms with Crippen LogP contribution >= 0.6 is 0 Å². The monoisotopic (exact) mass is 621 g/mol. The molecule has 0 radical (unpaired) electrons. The number of carbonyl (C=O) groups is 3. The lowest BCUT2D eigenvalue weighted by Gasteiger charge is -2.24. The number of anilines is 2. The van der Waals surface area contributed by atoms with E-state index in [4.69, 9.17) is 5.73 Å². The van der Waals surface area contributed by atoms with Crippen LogP contribution < -0.4 is 22.1 Å². The Hall–Kier alpha value is -3.87. The molecule has 0 saturated carbocycles. The third-order valence-corrected chi connectivity index (χ3v) is 7.24. The number of pyridine rings is 1. The molecule has 0 bridgehead atoms. The van der Waals surface area contributed by atoms with Gasteiger partial charge < -0.3 is 31.9 Å². The average molecular weight is 622 g/mol. The summed E-state index contributed by atoms with van der Waals surface area (Å²) in [5.41, 5.74) is 14.2. The molecule has 6 N–H and O–H groups in total. The van der Waals surface area contributed by atoms with E-state index in [0.717, 1.165) is 43.6 Å². The summed E-state index contributed by atoms with van der Waals surface area (Å²) in [4.78, 5) is 44.9. The molecule has 10 nitrogen and oxygen atoms in total. The van der Waals surface area contributed by atoms with E-state index in [1.165, 1.54) is 5.56 Å². The van der Waals surface area contributed by atoms with Crippen molar-refractivity contribution in [3.63, 3.8) is 0 Å². The van der Waals surface area contributed by atoms with Crippen molar-refractivity contribution in [2.45, 2.75) is 77.1 Å². The van der Waals surface area contributed by atoms with Crippen LogP contribution in [0.15, 0.2) is 42.7 Å². The van der Waals surface area contributed by atoms with Gasteiger partial charge in [-0.05, 0) is 74.4 Å². The van der Waals surface area contributed by atoms with Crippen LogP contribution in [0.3, 0.4) is 0 Å². The number of benzene rings is 1. The highest BCUT2D eigenvalue weighted by molar-refractivity contribution is 5.88. The Balaban J connectivity index is 0.000000396. The summed E-state index contributed by atoms with van der Waals surface area (Å²) in [6.07, 6.45) is 3.50. The number of rotatable bonds is 9.